The monoisotopic (exact) mass is 557 g/mol. The van der Waals surface area contributed by atoms with E-state index in [2.05, 4.69) is 20.2 Å². The van der Waals surface area contributed by atoms with Crippen molar-refractivity contribution in [2.75, 3.05) is 43.6 Å². The van der Waals surface area contributed by atoms with E-state index in [1.165, 1.54) is 25.3 Å². The summed E-state index contributed by atoms with van der Waals surface area (Å²) in [4.78, 5) is 10.6. The van der Waals surface area contributed by atoms with Gasteiger partial charge in [-0.05, 0) is 35.9 Å². The number of ether oxygens (including phenoxy) is 2. The molecule has 1 aromatic carbocycles. The van der Waals surface area contributed by atoms with Crippen molar-refractivity contribution >= 4 is 11.4 Å². The first-order valence-electron chi connectivity index (χ1n) is 13.4. The molecule has 3 atom stereocenters. The first-order valence-corrected chi connectivity index (χ1v) is 13.4. The molecular weight excluding hydrogens is 523 g/mol. The SMILES string of the molecule is COC1(c2cc(F)c(-c3nc(CNc4cnccc4N4C[C@@H](N)[C@H](O)[C@@H](C)C4)ccc3F)c(F)c2)CCOCC1. The Hall–Kier alpha value is -3.25. The van der Waals surface area contributed by atoms with E-state index in [-0.39, 0.29) is 12.5 Å². The minimum atomic E-state index is -0.915. The van der Waals surface area contributed by atoms with Gasteiger partial charge in [-0.15, -0.1) is 0 Å². The number of benzene rings is 1. The Labute approximate surface area is 231 Å². The van der Waals surface area contributed by atoms with E-state index in [1.807, 2.05) is 13.0 Å². The smallest absolute Gasteiger partial charge is 0.149 e. The maximum atomic E-state index is 15.4. The molecule has 2 aliphatic heterocycles. The largest absolute Gasteiger partial charge is 0.391 e. The van der Waals surface area contributed by atoms with Crippen molar-refractivity contribution in [3.63, 3.8) is 0 Å². The van der Waals surface area contributed by atoms with Crippen LogP contribution < -0.4 is 16.0 Å². The van der Waals surface area contributed by atoms with Gasteiger partial charge >= 0.3 is 0 Å². The second kappa shape index (κ2) is 11.7. The van der Waals surface area contributed by atoms with Crippen LogP contribution in [-0.4, -0.2) is 60.6 Å². The number of nitrogens with zero attached hydrogens (tertiary/aromatic N) is 3. The van der Waals surface area contributed by atoms with Crippen LogP contribution in [0.1, 0.15) is 31.0 Å². The fourth-order valence-electron chi connectivity index (χ4n) is 5.63. The molecule has 2 aromatic heterocycles. The van der Waals surface area contributed by atoms with E-state index in [9.17, 15) is 9.50 Å². The number of hydrogen-bond donors (Lipinski definition) is 3. The van der Waals surface area contributed by atoms with Gasteiger partial charge in [0.05, 0.1) is 47.1 Å². The van der Waals surface area contributed by atoms with Gasteiger partial charge < -0.3 is 30.5 Å². The lowest BCUT2D eigenvalue weighted by molar-refractivity contribution is -0.0950. The number of aliphatic hydroxyl groups is 1. The third-order valence-electron chi connectivity index (χ3n) is 7.96. The molecule has 2 aliphatic rings. The summed E-state index contributed by atoms with van der Waals surface area (Å²) in [5, 5.41) is 13.5. The fraction of sp³-hybridized carbons (Fsp3) is 0.448. The average molecular weight is 558 g/mol. The molecule has 3 aromatic rings. The van der Waals surface area contributed by atoms with Gasteiger partial charge in [-0.3, -0.25) is 4.98 Å². The van der Waals surface area contributed by atoms with Gasteiger partial charge in [0.1, 0.15) is 23.1 Å². The highest BCUT2D eigenvalue weighted by Gasteiger charge is 2.36. The molecule has 4 N–H and O–H groups in total. The highest BCUT2D eigenvalue weighted by molar-refractivity contribution is 5.69. The van der Waals surface area contributed by atoms with Crippen molar-refractivity contribution < 1.29 is 27.8 Å². The first kappa shape index (κ1) is 28.3. The standard InChI is InChI=1S/C29H34F3N5O3/c1-17-15-37(16-23(33)28(17)38)25-5-8-34-14-24(25)35-13-19-3-4-20(30)27(36-19)26-21(31)11-18(12-22(26)32)29(39-2)6-9-40-10-7-29/h3-5,8,11-12,14,17,23,28,35,38H,6-7,9-10,13,15-16,33H2,1-2H3/t17-,23+,28+/m0/s1. The van der Waals surface area contributed by atoms with Crippen LogP contribution in [-0.2, 0) is 21.6 Å². The van der Waals surface area contributed by atoms with Crippen LogP contribution in [0.15, 0.2) is 42.7 Å². The summed E-state index contributed by atoms with van der Waals surface area (Å²) in [6.07, 6.45) is 3.65. The zero-order valence-electron chi connectivity index (χ0n) is 22.5. The van der Waals surface area contributed by atoms with E-state index < -0.39 is 46.5 Å². The van der Waals surface area contributed by atoms with Crippen LogP contribution in [0.3, 0.4) is 0 Å². The zero-order chi connectivity index (χ0) is 28.4. The third-order valence-corrected chi connectivity index (χ3v) is 7.96. The second-order valence-corrected chi connectivity index (χ2v) is 10.5. The molecule has 2 fully saturated rings. The van der Waals surface area contributed by atoms with Crippen molar-refractivity contribution in [3.8, 4) is 11.3 Å². The molecule has 0 unspecified atom stereocenters. The van der Waals surface area contributed by atoms with Crippen LogP contribution in [0.4, 0.5) is 24.5 Å². The number of rotatable bonds is 7. The quantitative estimate of drug-likeness (QED) is 0.401. The fourth-order valence-corrected chi connectivity index (χ4v) is 5.63. The maximum absolute atomic E-state index is 15.4. The Morgan fingerprint density at radius 1 is 1.12 bits per heavy atom. The van der Waals surface area contributed by atoms with Gasteiger partial charge in [0.15, 0.2) is 0 Å². The van der Waals surface area contributed by atoms with Gasteiger partial charge in [-0.1, -0.05) is 6.92 Å². The number of halogens is 3. The number of anilines is 2. The number of nitrogens with two attached hydrogens (primary N) is 1. The minimum Gasteiger partial charge on any atom is -0.391 e. The molecule has 0 aliphatic carbocycles. The molecule has 0 amide bonds. The summed E-state index contributed by atoms with van der Waals surface area (Å²) in [6.45, 7) is 3.99. The van der Waals surface area contributed by atoms with E-state index in [1.54, 1.807) is 12.4 Å². The van der Waals surface area contributed by atoms with E-state index in [4.69, 9.17) is 15.2 Å². The molecule has 40 heavy (non-hydrogen) atoms. The summed E-state index contributed by atoms with van der Waals surface area (Å²) in [6, 6.07) is 6.46. The number of piperidine rings is 1. The van der Waals surface area contributed by atoms with Gasteiger partial charge in [0.2, 0.25) is 0 Å². The molecule has 4 heterocycles. The van der Waals surface area contributed by atoms with Crippen molar-refractivity contribution in [1.82, 2.24) is 9.97 Å². The molecule has 5 rings (SSSR count). The molecule has 0 spiro atoms. The molecule has 214 valence electrons. The number of aliphatic hydroxyl groups excluding tert-OH is 1. The third kappa shape index (κ3) is 5.51. The summed E-state index contributed by atoms with van der Waals surface area (Å²) in [5.41, 5.74) is 6.60. The molecule has 2 saturated heterocycles. The van der Waals surface area contributed by atoms with Gasteiger partial charge in [-0.25, -0.2) is 18.2 Å². The average Bonchev–Trinajstić information content (AvgIpc) is 2.96. The van der Waals surface area contributed by atoms with Crippen LogP contribution in [0.2, 0.25) is 0 Å². The van der Waals surface area contributed by atoms with Crippen molar-refractivity contribution in [2.24, 2.45) is 11.7 Å². The minimum absolute atomic E-state index is 0.0208. The second-order valence-electron chi connectivity index (χ2n) is 10.5. The lowest BCUT2D eigenvalue weighted by atomic mass is 9.85. The molecule has 0 bridgehead atoms. The lowest BCUT2D eigenvalue weighted by Crippen LogP contribution is -2.55. The zero-order valence-corrected chi connectivity index (χ0v) is 22.5. The number of aromatic nitrogens is 2. The number of pyridine rings is 2. The van der Waals surface area contributed by atoms with Gasteiger partial charge in [0, 0.05) is 64.4 Å². The normalized spacial score (nSPS) is 22.8. The Kier molecular flexibility index (Phi) is 8.27. The van der Waals surface area contributed by atoms with Crippen LogP contribution in [0.5, 0.6) is 0 Å². The predicted molar refractivity (Wildman–Crippen MR) is 145 cm³/mol. The molecule has 8 nitrogen and oxygen atoms in total. The molecule has 11 heteroatoms. The van der Waals surface area contributed by atoms with Crippen LogP contribution in [0.25, 0.3) is 11.3 Å². The van der Waals surface area contributed by atoms with Crippen LogP contribution >= 0.6 is 0 Å². The number of nitrogens with one attached hydrogen (secondary N) is 1. The Bertz CT molecular complexity index is 1320. The summed E-state index contributed by atoms with van der Waals surface area (Å²) >= 11 is 0. The van der Waals surface area contributed by atoms with Crippen molar-refractivity contribution in [1.29, 1.82) is 0 Å². The van der Waals surface area contributed by atoms with E-state index in [0.717, 1.165) is 11.8 Å². The maximum Gasteiger partial charge on any atom is 0.149 e. The summed E-state index contributed by atoms with van der Waals surface area (Å²) in [7, 11) is 1.50. The van der Waals surface area contributed by atoms with Crippen LogP contribution in [0, 0.1) is 23.4 Å². The highest BCUT2D eigenvalue weighted by Crippen LogP contribution is 2.39. The number of hydrogen-bond acceptors (Lipinski definition) is 8. The Balaban J connectivity index is 1.39. The highest BCUT2D eigenvalue weighted by atomic mass is 19.1. The summed E-state index contributed by atoms with van der Waals surface area (Å²) in [5.74, 6) is -2.69. The molecule has 0 radical (unpaired) electrons. The lowest BCUT2D eigenvalue weighted by Gasteiger charge is -2.40. The Morgan fingerprint density at radius 3 is 2.52 bits per heavy atom. The molecule has 0 saturated carbocycles. The first-order chi connectivity index (χ1) is 19.2. The Morgan fingerprint density at radius 2 is 1.85 bits per heavy atom. The summed E-state index contributed by atoms with van der Waals surface area (Å²) < 4.78 is 56.7. The predicted octanol–water partition coefficient (Wildman–Crippen LogP) is 3.97. The van der Waals surface area contributed by atoms with Gasteiger partial charge in [-0.2, -0.15) is 0 Å². The number of methoxy groups -OCH3 is 1. The van der Waals surface area contributed by atoms with Crippen molar-refractivity contribution in [3.05, 3.63) is 71.4 Å². The topological polar surface area (TPSA) is 106 Å². The molecular formula is C29H34F3N5O3. The van der Waals surface area contributed by atoms with E-state index >= 15 is 8.78 Å². The van der Waals surface area contributed by atoms with Gasteiger partial charge in [0.25, 0.3) is 0 Å². The van der Waals surface area contributed by atoms with E-state index in [0.29, 0.717) is 56.1 Å². The van der Waals surface area contributed by atoms with Crippen molar-refractivity contribution in [2.45, 2.75) is 44.1 Å².